The first-order valence-corrected chi connectivity index (χ1v) is 7.85. The summed E-state index contributed by atoms with van der Waals surface area (Å²) in [7, 11) is 0. The van der Waals surface area contributed by atoms with Crippen molar-refractivity contribution < 1.29 is 4.92 Å². The van der Waals surface area contributed by atoms with Crippen LogP contribution in [-0.2, 0) is 6.54 Å². The van der Waals surface area contributed by atoms with Crippen LogP contribution in [0.4, 0.5) is 5.69 Å². The number of nitro benzene ring substituents is 1. The van der Waals surface area contributed by atoms with Crippen LogP contribution in [0.2, 0.25) is 0 Å². The second kappa shape index (κ2) is 7.76. The smallest absolute Gasteiger partial charge is 0.270 e. The quantitative estimate of drug-likeness (QED) is 0.613. The zero-order valence-electron chi connectivity index (χ0n) is 10.5. The molecular formula is C12H17BrN2O2S. The van der Waals surface area contributed by atoms with Crippen LogP contribution in [0, 0.1) is 16.0 Å². The van der Waals surface area contributed by atoms with Crippen LogP contribution in [-0.4, -0.2) is 23.5 Å². The van der Waals surface area contributed by atoms with E-state index in [9.17, 15) is 10.1 Å². The molecule has 0 spiro atoms. The lowest BCUT2D eigenvalue weighted by molar-refractivity contribution is -0.384. The molecule has 0 saturated heterocycles. The van der Waals surface area contributed by atoms with Crippen molar-refractivity contribution in [1.29, 1.82) is 0 Å². The molecule has 0 aliphatic rings. The molecular weight excluding hydrogens is 316 g/mol. The van der Waals surface area contributed by atoms with E-state index < -0.39 is 0 Å². The van der Waals surface area contributed by atoms with E-state index in [1.54, 1.807) is 12.1 Å². The maximum Gasteiger partial charge on any atom is 0.270 e. The SMILES string of the molecule is CSCC(C)CNCc1ccc([N+](=O)[O-])cc1Br. The summed E-state index contributed by atoms with van der Waals surface area (Å²) < 4.78 is 0.779. The van der Waals surface area contributed by atoms with E-state index >= 15 is 0 Å². The molecule has 0 aliphatic carbocycles. The summed E-state index contributed by atoms with van der Waals surface area (Å²) in [6, 6.07) is 4.86. The molecule has 1 unspecified atom stereocenters. The van der Waals surface area contributed by atoms with Crippen LogP contribution in [0.1, 0.15) is 12.5 Å². The molecule has 6 heteroatoms. The van der Waals surface area contributed by atoms with Crippen LogP contribution < -0.4 is 5.32 Å². The van der Waals surface area contributed by atoms with E-state index in [-0.39, 0.29) is 10.6 Å². The standard InChI is InChI=1S/C12H17BrN2O2S/c1-9(8-18-2)6-14-7-10-3-4-11(15(16)17)5-12(10)13/h3-5,9,14H,6-8H2,1-2H3. The van der Waals surface area contributed by atoms with Gasteiger partial charge in [0, 0.05) is 23.2 Å². The average Bonchev–Trinajstić information content (AvgIpc) is 2.31. The second-order valence-corrected chi connectivity index (χ2v) is 5.99. The summed E-state index contributed by atoms with van der Waals surface area (Å²) in [6.07, 6.45) is 2.10. The van der Waals surface area contributed by atoms with E-state index in [1.807, 2.05) is 11.8 Å². The number of non-ortho nitro benzene ring substituents is 1. The topological polar surface area (TPSA) is 55.2 Å². The molecule has 1 atom stereocenters. The fourth-order valence-corrected chi connectivity index (χ4v) is 2.78. The monoisotopic (exact) mass is 332 g/mol. The summed E-state index contributed by atoms with van der Waals surface area (Å²) in [5.41, 5.74) is 1.15. The van der Waals surface area contributed by atoms with Gasteiger partial charge in [0.15, 0.2) is 0 Å². The number of benzene rings is 1. The Morgan fingerprint density at radius 3 is 2.83 bits per heavy atom. The van der Waals surface area contributed by atoms with Crippen molar-refractivity contribution in [3.8, 4) is 0 Å². The molecule has 1 N–H and O–H groups in total. The van der Waals surface area contributed by atoms with Crippen molar-refractivity contribution in [2.75, 3.05) is 18.6 Å². The Hall–Kier alpha value is -0.590. The Labute approximate surface area is 120 Å². The summed E-state index contributed by atoms with van der Waals surface area (Å²) in [5, 5.41) is 14.0. The fourth-order valence-electron chi connectivity index (χ4n) is 1.59. The molecule has 0 saturated carbocycles. The highest BCUT2D eigenvalue weighted by molar-refractivity contribution is 9.10. The number of hydrogen-bond acceptors (Lipinski definition) is 4. The minimum absolute atomic E-state index is 0.112. The van der Waals surface area contributed by atoms with E-state index in [4.69, 9.17) is 0 Å². The third-order valence-corrected chi connectivity index (χ3v) is 4.15. The Bertz CT molecular complexity index is 415. The maximum atomic E-state index is 10.6. The average molecular weight is 333 g/mol. The molecule has 0 radical (unpaired) electrons. The molecule has 100 valence electrons. The van der Waals surface area contributed by atoms with Gasteiger partial charge in [-0.2, -0.15) is 11.8 Å². The van der Waals surface area contributed by atoms with Crippen LogP contribution >= 0.6 is 27.7 Å². The molecule has 0 fully saturated rings. The number of nitrogens with zero attached hydrogens (tertiary/aromatic N) is 1. The molecule has 0 heterocycles. The lowest BCUT2D eigenvalue weighted by atomic mass is 10.2. The summed E-state index contributed by atoms with van der Waals surface area (Å²) in [6.45, 7) is 3.87. The molecule has 0 aromatic heterocycles. The molecule has 1 rings (SSSR count). The first kappa shape index (κ1) is 15.5. The molecule has 4 nitrogen and oxygen atoms in total. The van der Waals surface area contributed by atoms with Gasteiger partial charge in [0.25, 0.3) is 5.69 Å². The Morgan fingerprint density at radius 1 is 1.56 bits per heavy atom. The predicted octanol–water partition coefficient (Wildman–Crippen LogP) is 3.45. The van der Waals surface area contributed by atoms with Gasteiger partial charge >= 0.3 is 0 Å². The Kier molecular flexibility index (Phi) is 6.67. The van der Waals surface area contributed by atoms with Gasteiger partial charge in [0.05, 0.1) is 4.92 Å². The van der Waals surface area contributed by atoms with E-state index in [2.05, 4.69) is 34.4 Å². The van der Waals surface area contributed by atoms with Crippen molar-refractivity contribution in [1.82, 2.24) is 5.32 Å². The van der Waals surface area contributed by atoms with Crippen molar-refractivity contribution in [3.05, 3.63) is 38.3 Å². The lowest BCUT2D eigenvalue weighted by Crippen LogP contribution is -2.22. The van der Waals surface area contributed by atoms with Crippen LogP contribution in [0.25, 0.3) is 0 Å². The third-order valence-electron chi connectivity index (χ3n) is 2.51. The highest BCUT2D eigenvalue weighted by atomic mass is 79.9. The second-order valence-electron chi connectivity index (χ2n) is 4.22. The summed E-state index contributed by atoms with van der Waals surface area (Å²) in [5.74, 6) is 1.76. The van der Waals surface area contributed by atoms with Gasteiger partial charge < -0.3 is 5.32 Å². The van der Waals surface area contributed by atoms with Gasteiger partial charge in [-0.05, 0) is 36.1 Å². The van der Waals surface area contributed by atoms with Crippen LogP contribution in [0.15, 0.2) is 22.7 Å². The summed E-state index contributed by atoms with van der Waals surface area (Å²) >= 11 is 5.20. The van der Waals surface area contributed by atoms with E-state index in [1.165, 1.54) is 6.07 Å². The first-order chi connectivity index (χ1) is 8.54. The lowest BCUT2D eigenvalue weighted by Gasteiger charge is -2.11. The number of nitrogens with one attached hydrogen (secondary N) is 1. The third kappa shape index (κ3) is 4.96. The van der Waals surface area contributed by atoms with Crippen LogP contribution in [0.3, 0.4) is 0 Å². The van der Waals surface area contributed by atoms with Gasteiger partial charge in [-0.25, -0.2) is 0 Å². The minimum atomic E-state index is -0.386. The summed E-state index contributed by atoms with van der Waals surface area (Å²) in [4.78, 5) is 10.2. The predicted molar refractivity (Wildman–Crippen MR) is 80.0 cm³/mol. The fraction of sp³-hybridized carbons (Fsp3) is 0.500. The Morgan fingerprint density at radius 2 is 2.28 bits per heavy atom. The number of nitro groups is 1. The molecule has 0 aliphatic heterocycles. The van der Waals surface area contributed by atoms with E-state index in [0.29, 0.717) is 5.92 Å². The van der Waals surface area contributed by atoms with Crippen molar-refractivity contribution in [2.45, 2.75) is 13.5 Å². The largest absolute Gasteiger partial charge is 0.312 e. The minimum Gasteiger partial charge on any atom is -0.312 e. The van der Waals surface area contributed by atoms with Gasteiger partial charge in [-0.15, -0.1) is 0 Å². The number of thioether (sulfide) groups is 1. The van der Waals surface area contributed by atoms with E-state index in [0.717, 1.165) is 28.9 Å². The van der Waals surface area contributed by atoms with Crippen molar-refractivity contribution >= 4 is 33.4 Å². The van der Waals surface area contributed by atoms with Gasteiger partial charge in [0.2, 0.25) is 0 Å². The first-order valence-electron chi connectivity index (χ1n) is 5.67. The molecule has 0 bridgehead atoms. The molecule has 0 amide bonds. The zero-order chi connectivity index (χ0) is 13.5. The maximum absolute atomic E-state index is 10.6. The normalized spacial score (nSPS) is 12.4. The van der Waals surface area contributed by atoms with Crippen LogP contribution in [0.5, 0.6) is 0 Å². The van der Waals surface area contributed by atoms with Crippen molar-refractivity contribution in [2.24, 2.45) is 5.92 Å². The Balaban J connectivity index is 2.50. The van der Waals surface area contributed by atoms with Gasteiger partial charge in [-0.1, -0.05) is 22.9 Å². The molecule has 18 heavy (non-hydrogen) atoms. The van der Waals surface area contributed by atoms with Gasteiger partial charge in [-0.3, -0.25) is 10.1 Å². The van der Waals surface area contributed by atoms with Crippen molar-refractivity contribution in [3.63, 3.8) is 0 Å². The molecule has 1 aromatic carbocycles. The zero-order valence-corrected chi connectivity index (χ0v) is 12.9. The number of hydrogen-bond donors (Lipinski definition) is 1. The number of halogens is 1. The number of rotatable bonds is 7. The highest BCUT2D eigenvalue weighted by Crippen LogP contribution is 2.22. The molecule has 1 aromatic rings. The highest BCUT2D eigenvalue weighted by Gasteiger charge is 2.09. The van der Waals surface area contributed by atoms with Gasteiger partial charge in [0.1, 0.15) is 0 Å².